The largest absolute Gasteiger partial charge is 0.280 e. The van der Waals surface area contributed by atoms with Crippen molar-refractivity contribution in [3.05, 3.63) is 78.9 Å². The first-order chi connectivity index (χ1) is 14.3. The van der Waals surface area contributed by atoms with Gasteiger partial charge in [0.15, 0.2) is 0 Å². The van der Waals surface area contributed by atoms with Crippen LogP contribution >= 0.6 is 11.8 Å². The molecule has 0 unspecified atom stereocenters. The Balaban J connectivity index is 1.38. The molecule has 3 aromatic carbocycles. The highest BCUT2D eigenvalue weighted by Gasteiger charge is 2.16. The molecule has 0 fully saturated rings. The van der Waals surface area contributed by atoms with Gasteiger partial charge in [-0.25, -0.2) is 0 Å². The molecule has 0 aliphatic heterocycles. The van der Waals surface area contributed by atoms with Crippen molar-refractivity contribution in [2.45, 2.75) is 11.6 Å². The fourth-order valence-corrected chi connectivity index (χ4v) is 4.35. The number of aromatic nitrogens is 5. The van der Waals surface area contributed by atoms with Crippen LogP contribution in [0.3, 0.4) is 0 Å². The van der Waals surface area contributed by atoms with Gasteiger partial charge >= 0.3 is 0 Å². The van der Waals surface area contributed by atoms with E-state index in [4.69, 9.17) is 0 Å². The topological polar surface area (TPSA) is 65.6 Å². The maximum absolute atomic E-state index is 13.1. The van der Waals surface area contributed by atoms with E-state index in [1.165, 1.54) is 11.8 Å². The standard InChI is InChI=1S/C22H17N5OS/c28-21(14-15-29-22-23-24-25-27(22)16-8-2-1-3-9-16)26-19-12-6-4-10-17(19)18-11-5-7-13-20(18)26/h1-13H,14-15H2. The minimum absolute atomic E-state index is 0.0636. The van der Waals surface area contributed by atoms with E-state index in [2.05, 4.69) is 27.7 Å². The van der Waals surface area contributed by atoms with Crippen molar-refractivity contribution in [2.75, 3.05) is 5.75 Å². The molecule has 7 heteroatoms. The maximum Gasteiger partial charge on any atom is 0.232 e. The van der Waals surface area contributed by atoms with E-state index in [0.717, 1.165) is 27.5 Å². The average Bonchev–Trinajstić information content (AvgIpc) is 3.37. The van der Waals surface area contributed by atoms with Crippen LogP contribution in [0.4, 0.5) is 0 Å². The molecule has 5 aromatic rings. The number of carbonyl (C=O) groups excluding carboxylic acids is 1. The Hall–Kier alpha value is -3.45. The van der Waals surface area contributed by atoms with Gasteiger partial charge in [-0.3, -0.25) is 9.36 Å². The maximum atomic E-state index is 13.1. The lowest BCUT2D eigenvalue weighted by Gasteiger charge is -2.06. The van der Waals surface area contributed by atoms with Crippen LogP contribution in [0, 0.1) is 0 Å². The minimum Gasteiger partial charge on any atom is -0.280 e. The first-order valence-electron chi connectivity index (χ1n) is 9.31. The highest BCUT2D eigenvalue weighted by atomic mass is 32.2. The fraction of sp³-hybridized carbons (Fsp3) is 0.0909. The lowest BCUT2D eigenvalue weighted by atomic mass is 10.2. The molecule has 2 aromatic heterocycles. The third-order valence-electron chi connectivity index (χ3n) is 4.82. The number of hydrogen-bond acceptors (Lipinski definition) is 5. The fourth-order valence-electron chi connectivity index (χ4n) is 3.53. The highest BCUT2D eigenvalue weighted by molar-refractivity contribution is 7.99. The van der Waals surface area contributed by atoms with Gasteiger partial charge < -0.3 is 0 Å². The highest BCUT2D eigenvalue weighted by Crippen LogP contribution is 2.29. The first kappa shape index (κ1) is 17.6. The summed E-state index contributed by atoms with van der Waals surface area (Å²) in [6.07, 6.45) is 0.384. The Morgan fingerprint density at radius 2 is 1.45 bits per heavy atom. The van der Waals surface area contributed by atoms with Crippen molar-refractivity contribution in [3.63, 3.8) is 0 Å². The Labute approximate surface area is 171 Å². The Morgan fingerprint density at radius 3 is 2.14 bits per heavy atom. The van der Waals surface area contributed by atoms with Gasteiger partial charge in [0.2, 0.25) is 11.1 Å². The zero-order valence-electron chi connectivity index (χ0n) is 15.5. The van der Waals surface area contributed by atoms with Crippen LogP contribution in [0.25, 0.3) is 27.5 Å². The number of hydrogen-bond donors (Lipinski definition) is 0. The molecule has 0 N–H and O–H groups in total. The van der Waals surface area contributed by atoms with Crippen molar-refractivity contribution in [2.24, 2.45) is 0 Å². The molecule has 5 rings (SSSR count). The van der Waals surface area contributed by atoms with E-state index in [-0.39, 0.29) is 5.91 Å². The number of tetrazole rings is 1. The molecule has 0 atom stereocenters. The van der Waals surface area contributed by atoms with Gasteiger partial charge in [0.25, 0.3) is 0 Å². The average molecular weight is 399 g/mol. The SMILES string of the molecule is O=C(CCSc1nnnn1-c1ccccc1)n1c2ccccc2c2ccccc21. The summed E-state index contributed by atoms with van der Waals surface area (Å²) in [6.45, 7) is 0. The van der Waals surface area contributed by atoms with E-state index in [9.17, 15) is 4.79 Å². The summed E-state index contributed by atoms with van der Waals surface area (Å²) in [7, 11) is 0. The molecule has 6 nitrogen and oxygen atoms in total. The number of fused-ring (bicyclic) bond motifs is 3. The number of carbonyl (C=O) groups is 1. The first-order valence-corrected chi connectivity index (χ1v) is 10.3. The van der Waals surface area contributed by atoms with Crippen LogP contribution in [0.15, 0.2) is 84.0 Å². The van der Waals surface area contributed by atoms with Crippen molar-refractivity contribution >= 4 is 39.5 Å². The molecule has 0 bridgehead atoms. The van der Waals surface area contributed by atoms with Gasteiger partial charge in [-0.05, 0) is 34.7 Å². The van der Waals surface area contributed by atoms with Gasteiger partial charge in [0.1, 0.15) is 0 Å². The molecular formula is C22H17N5OS. The second kappa shape index (κ2) is 7.52. The molecule has 142 valence electrons. The molecule has 29 heavy (non-hydrogen) atoms. The third kappa shape index (κ3) is 3.19. The molecule has 2 heterocycles. The molecule has 0 spiro atoms. The number of para-hydroxylation sites is 3. The number of nitrogens with zero attached hydrogens (tertiary/aromatic N) is 5. The second-order valence-electron chi connectivity index (χ2n) is 6.57. The summed E-state index contributed by atoms with van der Waals surface area (Å²) in [6, 6.07) is 25.8. The van der Waals surface area contributed by atoms with Gasteiger partial charge in [-0.15, -0.1) is 5.10 Å². The summed E-state index contributed by atoms with van der Waals surface area (Å²) in [4.78, 5) is 13.1. The minimum atomic E-state index is 0.0636. The van der Waals surface area contributed by atoms with Crippen LogP contribution in [-0.4, -0.2) is 36.4 Å². The van der Waals surface area contributed by atoms with E-state index in [1.807, 2.05) is 71.3 Å². The molecule has 0 aliphatic carbocycles. The zero-order chi connectivity index (χ0) is 19.6. The number of benzene rings is 3. The number of thioether (sulfide) groups is 1. The van der Waals surface area contributed by atoms with Crippen LogP contribution in [-0.2, 0) is 0 Å². The monoisotopic (exact) mass is 399 g/mol. The van der Waals surface area contributed by atoms with E-state index < -0.39 is 0 Å². The third-order valence-corrected chi connectivity index (χ3v) is 5.74. The van der Waals surface area contributed by atoms with Gasteiger partial charge in [0.05, 0.1) is 16.7 Å². The predicted octanol–water partition coefficient (Wildman–Crippen LogP) is 4.59. The van der Waals surface area contributed by atoms with Gasteiger partial charge in [0, 0.05) is 22.9 Å². The van der Waals surface area contributed by atoms with Crippen LogP contribution in [0.5, 0.6) is 0 Å². The zero-order valence-corrected chi connectivity index (χ0v) is 16.3. The van der Waals surface area contributed by atoms with E-state index in [1.54, 1.807) is 4.68 Å². The van der Waals surface area contributed by atoms with E-state index >= 15 is 0 Å². The lowest BCUT2D eigenvalue weighted by Crippen LogP contribution is -2.11. The van der Waals surface area contributed by atoms with Crippen molar-refractivity contribution in [1.29, 1.82) is 0 Å². The molecule has 0 saturated heterocycles. The summed E-state index contributed by atoms with van der Waals surface area (Å²) in [5.74, 6) is 0.654. The Morgan fingerprint density at radius 1 is 0.828 bits per heavy atom. The van der Waals surface area contributed by atoms with E-state index in [0.29, 0.717) is 17.3 Å². The molecule has 0 amide bonds. The van der Waals surface area contributed by atoms with Crippen molar-refractivity contribution < 1.29 is 4.79 Å². The van der Waals surface area contributed by atoms with Gasteiger partial charge in [-0.2, -0.15) is 4.68 Å². The normalized spacial score (nSPS) is 11.3. The summed E-state index contributed by atoms with van der Waals surface area (Å²) >= 11 is 1.48. The quantitative estimate of drug-likeness (QED) is 0.404. The molecule has 0 radical (unpaired) electrons. The van der Waals surface area contributed by atoms with Crippen LogP contribution in [0.2, 0.25) is 0 Å². The predicted molar refractivity (Wildman–Crippen MR) is 115 cm³/mol. The second-order valence-corrected chi connectivity index (χ2v) is 7.63. The van der Waals surface area contributed by atoms with Crippen molar-refractivity contribution in [1.82, 2.24) is 24.8 Å². The van der Waals surface area contributed by atoms with Crippen molar-refractivity contribution in [3.8, 4) is 5.69 Å². The molecule has 0 saturated carbocycles. The van der Waals surface area contributed by atoms with Gasteiger partial charge in [-0.1, -0.05) is 66.4 Å². The number of rotatable bonds is 5. The Kier molecular flexibility index (Phi) is 4.57. The lowest BCUT2D eigenvalue weighted by molar-refractivity contribution is 0.0920. The molecule has 0 aliphatic rings. The van der Waals surface area contributed by atoms with Crippen LogP contribution in [0.1, 0.15) is 11.2 Å². The summed E-state index contributed by atoms with van der Waals surface area (Å²) < 4.78 is 3.51. The Bertz CT molecular complexity index is 1260. The summed E-state index contributed by atoms with van der Waals surface area (Å²) in [5, 5.41) is 14.8. The molecular weight excluding hydrogens is 382 g/mol. The summed E-state index contributed by atoms with van der Waals surface area (Å²) in [5.41, 5.74) is 2.78. The smallest absolute Gasteiger partial charge is 0.232 e. The van der Waals surface area contributed by atoms with Crippen LogP contribution < -0.4 is 0 Å².